The predicted molar refractivity (Wildman–Crippen MR) is 120 cm³/mol. The van der Waals surface area contributed by atoms with Crippen molar-refractivity contribution < 1.29 is 19.1 Å². The average Bonchev–Trinajstić information content (AvgIpc) is 2.72. The second-order valence-corrected chi connectivity index (χ2v) is 7.11. The third kappa shape index (κ3) is 4.26. The summed E-state index contributed by atoms with van der Waals surface area (Å²) < 4.78 is 10.7. The Bertz CT molecular complexity index is 1120. The summed E-state index contributed by atoms with van der Waals surface area (Å²) in [6.45, 7) is 0.0739. The number of hydrogen-bond acceptors (Lipinski definition) is 5. The third-order valence-corrected chi connectivity index (χ3v) is 5.18. The molecule has 0 aromatic heterocycles. The van der Waals surface area contributed by atoms with Crippen molar-refractivity contribution in [1.82, 2.24) is 5.32 Å². The van der Waals surface area contributed by atoms with Crippen LogP contribution < -0.4 is 19.7 Å². The number of benzene rings is 2. The molecule has 3 rings (SSSR count). The second-order valence-electron chi connectivity index (χ2n) is 5.93. The summed E-state index contributed by atoms with van der Waals surface area (Å²) in [5, 5.41) is 2.79. The molecule has 0 bridgehead atoms. The van der Waals surface area contributed by atoms with Crippen molar-refractivity contribution in [2.75, 3.05) is 18.6 Å². The number of nitrogens with one attached hydrogen (secondary N) is 1. The Morgan fingerprint density at radius 3 is 2.70 bits per heavy atom. The molecule has 152 valence electrons. The Morgan fingerprint density at radius 1 is 1.23 bits per heavy atom. The second kappa shape index (κ2) is 9.18. The number of carbonyl (C=O) groups excluding carboxylic acids is 2. The first-order chi connectivity index (χ1) is 14.4. The highest BCUT2D eigenvalue weighted by Crippen LogP contribution is 2.35. The molecular weight excluding hydrogens is 447 g/mol. The van der Waals surface area contributed by atoms with Crippen molar-refractivity contribution in [1.29, 1.82) is 0 Å². The lowest BCUT2D eigenvalue weighted by Gasteiger charge is -2.29. The largest absolute Gasteiger partial charge is 0.493 e. The fourth-order valence-electron chi connectivity index (χ4n) is 2.72. The van der Waals surface area contributed by atoms with Crippen molar-refractivity contribution >= 4 is 64.1 Å². The molecule has 1 aliphatic heterocycles. The zero-order valence-electron chi connectivity index (χ0n) is 15.6. The van der Waals surface area contributed by atoms with Crippen LogP contribution in [0.2, 0.25) is 10.0 Å². The smallest absolute Gasteiger partial charge is 0.270 e. The van der Waals surface area contributed by atoms with Gasteiger partial charge >= 0.3 is 0 Å². The summed E-state index contributed by atoms with van der Waals surface area (Å²) in [7, 11) is 1.47. The lowest BCUT2D eigenvalue weighted by atomic mass is 10.1. The van der Waals surface area contributed by atoms with Crippen LogP contribution in [-0.2, 0) is 9.59 Å². The van der Waals surface area contributed by atoms with Gasteiger partial charge in [0.15, 0.2) is 16.6 Å². The Labute approximate surface area is 188 Å². The molecule has 0 aliphatic carbocycles. The number of nitrogens with zero attached hydrogens (tertiary/aromatic N) is 1. The highest BCUT2D eigenvalue weighted by Gasteiger charge is 2.35. The molecule has 6 nitrogen and oxygen atoms in total. The molecule has 0 radical (unpaired) electrons. The standard InChI is InChI=1S/C21H14Cl2N2O4S/c1-3-9-29-16-8-7-12(11-17(16)28-2)10-13-19(26)24-21(30)25(20(13)27)15-6-4-5-14(22)18(15)23/h1,4-8,10-11H,9H2,2H3,(H,24,26,30)/b13-10-. The third-order valence-electron chi connectivity index (χ3n) is 4.08. The average molecular weight is 461 g/mol. The summed E-state index contributed by atoms with van der Waals surface area (Å²) in [6.07, 6.45) is 6.62. The highest BCUT2D eigenvalue weighted by atomic mass is 35.5. The summed E-state index contributed by atoms with van der Waals surface area (Å²) in [6, 6.07) is 9.68. The number of halogens is 2. The van der Waals surface area contributed by atoms with E-state index < -0.39 is 11.8 Å². The topological polar surface area (TPSA) is 67.9 Å². The molecule has 2 aromatic rings. The van der Waals surface area contributed by atoms with Gasteiger partial charge in [0, 0.05) is 0 Å². The van der Waals surface area contributed by atoms with Gasteiger partial charge in [0.2, 0.25) is 0 Å². The summed E-state index contributed by atoms with van der Waals surface area (Å²) in [5.74, 6) is 1.93. The maximum atomic E-state index is 13.1. The molecule has 0 unspecified atom stereocenters. The van der Waals surface area contributed by atoms with E-state index in [0.717, 1.165) is 4.90 Å². The van der Waals surface area contributed by atoms with Gasteiger partial charge in [0.25, 0.3) is 11.8 Å². The lowest BCUT2D eigenvalue weighted by molar-refractivity contribution is -0.122. The van der Waals surface area contributed by atoms with E-state index in [4.69, 9.17) is 51.3 Å². The number of thiocarbonyl (C=S) groups is 1. The van der Waals surface area contributed by atoms with Crippen LogP contribution in [0.3, 0.4) is 0 Å². The van der Waals surface area contributed by atoms with E-state index in [1.54, 1.807) is 36.4 Å². The molecule has 1 heterocycles. The first kappa shape index (κ1) is 21.7. The maximum absolute atomic E-state index is 13.1. The number of rotatable bonds is 5. The molecular formula is C21H14Cl2N2O4S. The number of ether oxygens (including phenoxy) is 2. The van der Waals surface area contributed by atoms with Gasteiger partial charge in [-0.05, 0) is 48.1 Å². The van der Waals surface area contributed by atoms with Gasteiger partial charge < -0.3 is 9.47 Å². The van der Waals surface area contributed by atoms with Gasteiger partial charge in [-0.15, -0.1) is 6.42 Å². The molecule has 1 fully saturated rings. The van der Waals surface area contributed by atoms with E-state index in [-0.39, 0.29) is 33.0 Å². The molecule has 1 N–H and O–H groups in total. The van der Waals surface area contributed by atoms with E-state index in [9.17, 15) is 9.59 Å². The summed E-state index contributed by atoms with van der Waals surface area (Å²) in [4.78, 5) is 26.7. The Balaban J connectivity index is 2.01. The molecule has 0 atom stereocenters. The molecule has 2 amide bonds. The minimum atomic E-state index is -0.639. The predicted octanol–water partition coefficient (Wildman–Crippen LogP) is 3.85. The minimum Gasteiger partial charge on any atom is -0.493 e. The Hall–Kier alpha value is -3.05. The van der Waals surface area contributed by atoms with Crippen molar-refractivity contribution in [3.8, 4) is 23.8 Å². The van der Waals surface area contributed by atoms with Crippen LogP contribution in [0.4, 0.5) is 5.69 Å². The number of methoxy groups -OCH3 is 1. The van der Waals surface area contributed by atoms with Gasteiger partial charge in [-0.2, -0.15) is 0 Å². The Kier molecular flexibility index (Phi) is 6.63. The van der Waals surface area contributed by atoms with Gasteiger partial charge in [-0.3, -0.25) is 19.8 Å². The number of anilines is 1. The van der Waals surface area contributed by atoms with E-state index in [1.807, 2.05) is 0 Å². The number of hydrogen-bond donors (Lipinski definition) is 1. The zero-order chi connectivity index (χ0) is 21.8. The fourth-order valence-corrected chi connectivity index (χ4v) is 3.37. The number of terminal acetylenes is 1. The van der Waals surface area contributed by atoms with Crippen LogP contribution in [0.15, 0.2) is 42.0 Å². The van der Waals surface area contributed by atoms with Crippen molar-refractivity contribution in [2.24, 2.45) is 0 Å². The zero-order valence-corrected chi connectivity index (χ0v) is 17.9. The lowest BCUT2D eigenvalue weighted by Crippen LogP contribution is -2.54. The van der Waals surface area contributed by atoms with E-state index in [1.165, 1.54) is 13.2 Å². The van der Waals surface area contributed by atoms with Crippen LogP contribution in [0.5, 0.6) is 11.5 Å². The highest BCUT2D eigenvalue weighted by molar-refractivity contribution is 7.80. The van der Waals surface area contributed by atoms with Gasteiger partial charge in [0.05, 0.1) is 22.8 Å². The van der Waals surface area contributed by atoms with Crippen molar-refractivity contribution in [2.45, 2.75) is 0 Å². The fraction of sp³-hybridized carbons (Fsp3) is 0.0952. The van der Waals surface area contributed by atoms with Crippen LogP contribution in [0.1, 0.15) is 5.56 Å². The molecule has 30 heavy (non-hydrogen) atoms. The van der Waals surface area contributed by atoms with Gasteiger partial charge in [0.1, 0.15) is 12.2 Å². The molecule has 1 aliphatic rings. The van der Waals surface area contributed by atoms with Crippen LogP contribution >= 0.6 is 35.4 Å². The van der Waals surface area contributed by atoms with Crippen LogP contribution in [0.25, 0.3) is 6.08 Å². The number of amides is 2. The van der Waals surface area contributed by atoms with Gasteiger partial charge in [-0.25, -0.2) is 0 Å². The monoisotopic (exact) mass is 460 g/mol. The van der Waals surface area contributed by atoms with Crippen molar-refractivity contribution in [3.05, 3.63) is 57.6 Å². The quantitative estimate of drug-likeness (QED) is 0.317. The first-order valence-corrected chi connectivity index (χ1v) is 9.63. The first-order valence-electron chi connectivity index (χ1n) is 8.47. The van der Waals surface area contributed by atoms with E-state index in [0.29, 0.717) is 17.1 Å². The maximum Gasteiger partial charge on any atom is 0.270 e. The summed E-state index contributed by atoms with van der Waals surface area (Å²) >= 11 is 17.5. The minimum absolute atomic E-state index is 0.0739. The van der Waals surface area contributed by atoms with Crippen LogP contribution in [0, 0.1) is 12.3 Å². The summed E-state index contributed by atoms with van der Waals surface area (Å²) in [5.41, 5.74) is 0.656. The Morgan fingerprint density at radius 2 is 2.00 bits per heavy atom. The normalized spacial score (nSPS) is 15.1. The molecule has 9 heteroatoms. The molecule has 0 saturated carbocycles. The van der Waals surface area contributed by atoms with E-state index in [2.05, 4.69) is 11.2 Å². The number of carbonyl (C=O) groups is 2. The SMILES string of the molecule is C#CCOc1ccc(/C=C2/C(=O)NC(=S)N(c3cccc(Cl)c3Cl)C2=O)cc1OC. The van der Waals surface area contributed by atoms with E-state index >= 15 is 0 Å². The van der Waals surface area contributed by atoms with Gasteiger partial charge in [-0.1, -0.05) is 41.3 Å². The van der Waals surface area contributed by atoms with Crippen LogP contribution in [-0.4, -0.2) is 30.6 Å². The molecule has 0 spiro atoms. The van der Waals surface area contributed by atoms with Crippen molar-refractivity contribution in [3.63, 3.8) is 0 Å². The molecule has 2 aromatic carbocycles. The molecule has 1 saturated heterocycles.